The Balaban J connectivity index is 2.27. The third-order valence-electron chi connectivity index (χ3n) is 3.16. The Kier molecular flexibility index (Phi) is 4.09. The van der Waals surface area contributed by atoms with Crippen LogP contribution in [0.4, 0.5) is 15.9 Å². The normalized spacial score (nSPS) is 12.2. The molecule has 1 aromatic heterocycles. The molecule has 1 heterocycles. The molecule has 0 amide bonds. The predicted octanol–water partition coefficient (Wildman–Crippen LogP) is 3.64. The molecule has 0 aliphatic heterocycles. The highest BCUT2D eigenvalue weighted by Gasteiger charge is 2.13. The minimum atomic E-state index is -0.235. The van der Waals surface area contributed by atoms with Crippen molar-refractivity contribution in [2.24, 2.45) is 0 Å². The fourth-order valence-corrected chi connectivity index (χ4v) is 2.04. The monoisotopic (exact) mass is 294 g/mol. The first-order chi connectivity index (χ1) is 9.38. The maximum Gasteiger partial charge on any atom is 0.224 e. The van der Waals surface area contributed by atoms with Gasteiger partial charge in [-0.25, -0.2) is 9.37 Å². The number of nitrogen functional groups attached to an aromatic ring is 1. The van der Waals surface area contributed by atoms with E-state index in [4.69, 9.17) is 17.3 Å². The molecule has 1 unspecified atom stereocenters. The molecule has 6 heteroatoms. The number of nitrogens with two attached hydrogens (primary N) is 1. The molecule has 3 N–H and O–H groups in total. The van der Waals surface area contributed by atoms with Gasteiger partial charge in [0.05, 0.1) is 17.4 Å². The first kappa shape index (κ1) is 14.5. The number of anilines is 2. The quantitative estimate of drug-likeness (QED) is 0.848. The van der Waals surface area contributed by atoms with Crippen molar-refractivity contribution in [3.63, 3.8) is 0 Å². The van der Waals surface area contributed by atoms with Gasteiger partial charge in [-0.1, -0.05) is 12.1 Å². The predicted molar refractivity (Wildman–Crippen MR) is 79.4 cm³/mol. The number of benzene rings is 1. The first-order valence-corrected chi connectivity index (χ1v) is 6.58. The topological polar surface area (TPSA) is 63.8 Å². The number of hydrogen-bond donors (Lipinski definition) is 2. The minimum absolute atomic E-state index is 0.126. The van der Waals surface area contributed by atoms with Gasteiger partial charge in [0.1, 0.15) is 5.82 Å². The third-order valence-corrected chi connectivity index (χ3v) is 3.33. The number of rotatable bonds is 3. The maximum atomic E-state index is 13.6. The molecule has 20 heavy (non-hydrogen) atoms. The van der Waals surface area contributed by atoms with Gasteiger partial charge in [-0.3, -0.25) is 0 Å². The van der Waals surface area contributed by atoms with E-state index in [2.05, 4.69) is 15.3 Å². The lowest BCUT2D eigenvalue weighted by Gasteiger charge is -2.17. The number of aromatic nitrogens is 2. The van der Waals surface area contributed by atoms with E-state index in [0.29, 0.717) is 22.8 Å². The van der Waals surface area contributed by atoms with Gasteiger partial charge in [0, 0.05) is 0 Å². The van der Waals surface area contributed by atoms with E-state index < -0.39 is 0 Å². The summed E-state index contributed by atoms with van der Waals surface area (Å²) in [4.78, 5) is 8.03. The second-order valence-electron chi connectivity index (χ2n) is 4.71. The van der Waals surface area contributed by atoms with Crippen LogP contribution in [0.2, 0.25) is 5.28 Å². The van der Waals surface area contributed by atoms with Crippen molar-refractivity contribution in [2.75, 3.05) is 11.1 Å². The van der Waals surface area contributed by atoms with Crippen LogP contribution in [0.1, 0.15) is 29.8 Å². The third kappa shape index (κ3) is 2.99. The smallest absolute Gasteiger partial charge is 0.224 e. The molecule has 0 aliphatic carbocycles. The standard InChI is InChI=1S/C14H16ClFN4/c1-7-4-5-10(6-11(7)16)8(2)18-13-12(17)9(3)19-14(15)20-13/h4-6,8H,17H2,1-3H3,(H,18,19,20). The summed E-state index contributed by atoms with van der Waals surface area (Å²) in [6.45, 7) is 5.38. The van der Waals surface area contributed by atoms with E-state index in [9.17, 15) is 4.39 Å². The van der Waals surface area contributed by atoms with Crippen molar-refractivity contribution in [1.82, 2.24) is 9.97 Å². The summed E-state index contributed by atoms with van der Waals surface area (Å²) in [5.41, 5.74) is 8.37. The number of halogens is 2. The van der Waals surface area contributed by atoms with Crippen molar-refractivity contribution in [3.05, 3.63) is 46.1 Å². The van der Waals surface area contributed by atoms with E-state index in [1.807, 2.05) is 13.0 Å². The summed E-state index contributed by atoms with van der Waals surface area (Å²) >= 11 is 5.82. The molecule has 1 aromatic carbocycles. The highest BCUT2D eigenvalue weighted by molar-refractivity contribution is 6.28. The average Bonchev–Trinajstić information content (AvgIpc) is 2.38. The Labute approximate surface area is 122 Å². The lowest BCUT2D eigenvalue weighted by molar-refractivity contribution is 0.614. The molecule has 0 fully saturated rings. The molecule has 0 saturated heterocycles. The molecule has 0 aliphatic rings. The van der Waals surface area contributed by atoms with Crippen LogP contribution < -0.4 is 11.1 Å². The molecule has 2 aromatic rings. The second kappa shape index (κ2) is 5.63. The summed E-state index contributed by atoms with van der Waals surface area (Å²) in [7, 11) is 0. The Bertz CT molecular complexity index is 645. The Morgan fingerprint density at radius 2 is 2.00 bits per heavy atom. The first-order valence-electron chi connectivity index (χ1n) is 6.20. The molecule has 0 saturated carbocycles. The van der Waals surface area contributed by atoms with Crippen molar-refractivity contribution in [2.45, 2.75) is 26.8 Å². The number of aryl methyl sites for hydroxylation is 2. The summed E-state index contributed by atoms with van der Waals surface area (Å²) in [6.07, 6.45) is 0. The number of nitrogens with zero attached hydrogens (tertiary/aromatic N) is 2. The zero-order valence-electron chi connectivity index (χ0n) is 11.5. The molecule has 0 radical (unpaired) electrons. The maximum absolute atomic E-state index is 13.6. The van der Waals surface area contributed by atoms with Crippen LogP contribution in [0.3, 0.4) is 0 Å². The van der Waals surface area contributed by atoms with Crippen molar-refractivity contribution in [1.29, 1.82) is 0 Å². The molecule has 2 rings (SSSR count). The number of nitrogens with one attached hydrogen (secondary N) is 1. The SMILES string of the molecule is Cc1ccc(C(C)Nc2nc(Cl)nc(C)c2N)cc1F. The van der Waals surface area contributed by atoms with Gasteiger partial charge in [-0.15, -0.1) is 0 Å². The van der Waals surface area contributed by atoms with E-state index in [1.54, 1.807) is 19.9 Å². The van der Waals surface area contributed by atoms with Crippen molar-refractivity contribution >= 4 is 23.1 Å². The Morgan fingerprint density at radius 3 is 2.65 bits per heavy atom. The van der Waals surface area contributed by atoms with E-state index >= 15 is 0 Å². The van der Waals surface area contributed by atoms with Gasteiger partial charge in [0.15, 0.2) is 5.82 Å². The molecular weight excluding hydrogens is 279 g/mol. The van der Waals surface area contributed by atoms with Gasteiger partial charge < -0.3 is 11.1 Å². The van der Waals surface area contributed by atoms with E-state index in [0.717, 1.165) is 5.56 Å². The van der Waals surface area contributed by atoms with Gasteiger partial charge >= 0.3 is 0 Å². The van der Waals surface area contributed by atoms with E-state index in [1.165, 1.54) is 6.07 Å². The van der Waals surface area contributed by atoms with Crippen LogP contribution in [0.5, 0.6) is 0 Å². The second-order valence-corrected chi connectivity index (χ2v) is 5.05. The van der Waals surface area contributed by atoms with Gasteiger partial charge in [0.2, 0.25) is 5.28 Å². The van der Waals surface area contributed by atoms with Crippen molar-refractivity contribution < 1.29 is 4.39 Å². The Morgan fingerprint density at radius 1 is 1.30 bits per heavy atom. The van der Waals surface area contributed by atoms with Crippen LogP contribution in [-0.2, 0) is 0 Å². The fraction of sp³-hybridized carbons (Fsp3) is 0.286. The van der Waals surface area contributed by atoms with E-state index in [-0.39, 0.29) is 17.1 Å². The highest BCUT2D eigenvalue weighted by atomic mass is 35.5. The largest absolute Gasteiger partial charge is 0.394 e. The summed E-state index contributed by atoms with van der Waals surface area (Å²) in [6, 6.07) is 4.95. The summed E-state index contributed by atoms with van der Waals surface area (Å²) < 4.78 is 13.6. The lowest BCUT2D eigenvalue weighted by atomic mass is 10.1. The fourth-order valence-electron chi connectivity index (χ4n) is 1.82. The lowest BCUT2D eigenvalue weighted by Crippen LogP contribution is -2.12. The van der Waals surface area contributed by atoms with Crippen molar-refractivity contribution in [3.8, 4) is 0 Å². The average molecular weight is 295 g/mol. The summed E-state index contributed by atoms with van der Waals surface area (Å²) in [5.74, 6) is 0.219. The van der Waals surface area contributed by atoms with Crippen LogP contribution >= 0.6 is 11.6 Å². The van der Waals surface area contributed by atoms with Crippen LogP contribution in [0.25, 0.3) is 0 Å². The van der Waals surface area contributed by atoms with Crippen LogP contribution in [0.15, 0.2) is 18.2 Å². The molecule has 4 nitrogen and oxygen atoms in total. The molecular formula is C14H16ClFN4. The number of hydrogen-bond acceptors (Lipinski definition) is 4. The zero-order valence-corrected chi connectivity index (χ0v) is 12.3. The summed E-state index contributed by atoms with van der Waals surface area (Å²) in [5, 5.41) is 3.25. The highest BCUT2D eigenvalue weighted by Crippen LogP contribution is 2.26. The molecule has 106 valence electrons. The Hall–Kier alpha value is -1.88. The molecule has 0 bridgehead atoms. The minimum Gasteiger partial charge on any atom is -0.394 e. The molecule has 1 atom stereocenters. The van der Waals surface area contributed by atoms with Gasteiger partial charge in [0.25, 0.3) is 0 Å². The zero-order chi connectivity index (χ0) is 14.9. The molecule has 0 spiro atoms. The van der Waals surface area contributed by atoms with Gasteiger partial charge in [-0.2, -0.15) is 4.98 Å². The van der Waals surface area contributed by atoms with Crippen LogP contribution in [0, 0.1) is 19.7 Å². The van der Waals surface area contributed by atoms with Crippen LogP contribution in [-0.4, -0.2) is 9.97 Å². The van der Waals surface area contributed by atoms with Gasteiger partial charge in [-0.05, 0) is 49.6 Å².